The molecular weight excluding hydrogens is 212 g/mol. The Morgan fingerprint density at radius 2 is 2.27 bits per heavy atom. The predicted molar refractivity (Wildman–Crippen MR) is 57.2 cm³/mol. The van der Waals surface area contributed by atoms with Crippen molar-refractivity contribution in [3.05, 3.63) is 5.82 Å². The number of hydrogen-bond donors (Lipinski definition) is 1. The van der Waals surface area contributed by atoms with Gasteiger partial charge in [-0.3, -0.25) is 10.1 Å². The highest BCUT2D eigenvalue weighted by atomic mass is 32.1. The van der Waals surface area contributed by atoms with Gasteiger partial charge in [0.2, 0.25) is 11.0 Å². The lowest BCUT2D eigenvalue weighted by atomic mass is 9.97. The van der Waals surface area contributed by atoms with E-state index in [2.05, 4.69) is 14.7 Å². The molecule has 1 atom stereocenters. The van der Waals surface area contributed by atoms with Gasteiger partial charge in [0.25, 0.3) is 0 Å². The highest BCUT2D eigenvalue weighted by Crippen LogP contribution is 2.15. The van der Waals surface area contributed by atoms with Gasteiger partial charge in [0.1, 0.15) is 11.7 Å². The Balaban J connectivity index is 2.67. The number of rotatable bonds is 3. The number of nitrogens with one attached hydrogen (secondary N) is 1. The standard InChI is InChI=1S/C9H12N4OS/c1-5(2)7(4-10)8(14)12-9-11-6(3)13-15-9/h5,7H,1-3H3,(H,11,12,13,14). The molecule has 1 aromatic rings. The minimum Gasteiger partial charge on any atom is -0.300 e. The molecular formula is C9H12N4OS. The third-order valence-electron chi connectivity index (χ3n) is 1.85. The lowest BCUT2D eigenvalue weighted by molar-refractivity contribution is -0.119. The summed E-state index contributed by atoms with van der Waals surface area (Å²) in [7, 11) is 0. The van der Waals surface area contributed by atoms with Gasteiger partial charge in [0, 0.05) is 11.5 Å². The quantitative estimate of drug-likeness (QED) is 0.845. The largest absolute Gasteiger partial charge is 0.300 e. The van der Waals surface area contributed by atoms with Gasteiger partial charge in [-0.15, -0.1) is 0 Å². The summed E-state index contributed by atoms with van der Waals surface area (Å²) in [6.45, 7) is 5.41. The van der Waals surface area contributed by atoms with Crippen molar-refractivity contribution in [1.29, 1.82) is 5.26 Å². The molecule has 15 heavy (non-hydrogen) atoms. The number of anilines is 1. The van der Waals surface area contributed by atoms with E-state index in [0.717, 1.165) is 11.5 Å². The molecule has 1 rings (SSSR count). The van der Waals surface area contributed by atoms with Crippen molar-refractivity contribution < 1.29 is 4.79 Å². The first kappa shape index (κ1) is 11.6. The molecule has 80 valence electrons. The molecule has 1 heterocycles. The van der Waals surface area contributed by atoms with E-state index in [1.165, 1.54) is 0 Å². The Hall–Kier alpha value is -1.48. The van der Waals surface area contributed by atoms with Crippen LogP contribution in [0.15, 0.2) is 0 Å². The minimum absolute atomic E-state index is 0.0102. The summed E-state index contributed by atoms with van der Waals surface area (Å²) >= 11 is 1.12. The van der Waals surface area contributed by atoms with E-state index in [4.69, 9.17) is 5.26 Å². The molecule has 0 spiro atoms. The molecule has 5 nitrogen and oxygen atoms in total. The molecule has 0 saturated carbocycles. The topological polar surface area (TPSA) is 78.7 Å². The van der Waals surface area contributed by atoms with Crippen molar-refractivity contribution in [2.24, 2.45) is 11.8 Å². The van der Waals surface area contributed by atoms with Gasteiger partial charge in [-0.05, 0) is 12.8 Å². The second-order valence-corrected chi connectivity index (χ2v) is 4.24. The third-order valence-corrected chi connectivity index (χ3v) is 2.57. The van der Waals surface area contributed by atoms with Gasteiger partial charge in [0.05, 0.1) is 6.07 Å². The molecule has 0 radical (unpaired) electrons. The summed E-state index contributed by atoms with van der Waals surface area (Å²) in [6, 6.07) is 1.97. The smallest absolute Gasteiger partial charge is 0.243 e. The number of aromatic nitrogens is 2. The van der Waals surface area contributed by atoms with Crippen LogP contribution in [0.3, 0.4) is 0 Å². The lowest BCUT2D eigenvalue weighted by Gasteiger charge is -2.10. The number of nitrogens with zero attached hydrogens (tertiary/aromatic N) is 3. The van der Waals surface area contributed by atoms with Gasteiger partial charge >= 0.3 is 0 Å². The number of carbonyl (C=O) groups excluding carboxylic acids is 1. The summed E-state index contributed by atoms with van der Waals surface area (Å²) < 4.78 is 3.93. The lowest BCUT2D eigenvalue weighted by Crippen LogP contribution is -2.25. The molecule has 0 aromatic carbocycles. The van der Waals surface area contributed by atoms with E-state index < -0.39 is 5.92 Å². The second-order valence-electron chi connectivity index (χ2n) is 3.49. The Bertz CT molecular complexity index is 393. The van der Waals surface area contributed by atoms with Crippen molar-refractivity contribution in [1.82, 2.24) is 9.36 Å². The Morgan fingerprint density at radius 3 is 2.67 bits per heavy atom. The Morgan fingerprint density at radius 1 is 1.60 bits per heavy atom. The average Bonchev–Trinajstić information content (AvgIpc) is 2.51. The van der Waals surface area contributed by atoms with E-state index >= 15 is 0 Å². The normalized spacial score (nSPS) is 12.2. The summed E-state index contributed by atoms with van der Waals surface area (Å²) in [5.41, 5.74) is 0. The first-order chi connectivity index (χ1) is 7.04. The molecule has 1 N–H and O–H groups in total. The van der Waals surface area contributed by atoms with Gasteiger partial charge in [-0.1, -0.05) is 13.8 Å². The number of hydrogen-bond acceptors (Lipinski definition) is 5. The van der Waals surface area contributed by atoms with Crippen LogP contribution in [0.1, 0.15) is 19.7 Å². The van der Waals surface area contributed by atoms with Gasteiger partial charge in [0.15, 0.2) is 0 Å². The van der Waals surface area contributed by atoms with Crippen LogP contribution >= 0.6 is 11.5 Å². The molecule has 0 bridgehead atoms. The molecule has 0 aliphatic carbocycles. The van der Waals surface area contributed by atoms with Crippen LogP contribution in [-0.2, 0) is 4.79 Å². The molecule has 1 aromatic heterocycles. The second kappa shape index (κ2) is 4.84. The maximum atomic E-state index is 11.6. The van der Waals surface area contributed by atoms with Crippen LogP contribution in [0, 0.1) is 30.1 Å². The fourth-order valence-corrected chi connectivity index (χ4v) is 1.62. The fraction of sp³-hybridized carbons (Fsp3) is 0.556. The summed E-state index contributed by atoms with van der Waals surface area (Å²) in [4.78, 5) is 15.6. The fourth-order valence-electron chi connectivity index (χ4n) is 1.04. The molecule has 1 amide bonds. The molecule has 6 heteroatoms. The van der Waals surface area contributed by atoms with Gasteiger partial charge < -0.3 is 0 Å². The van der Waals surface area contributed by atoms with Gasteiger partial charge in [-0.25, -0.2) is 4.98 Å². The van der Waals surface area contributed by atoms with Crippen LogP contribution < -0.4 is 5.32 Å². The number of amides is 1. The van der Waals surface area contributed by atoms with Crippen molar-refractivity contribution in [2.75, 3.05) is 5.32 Å². The average molecular weight is 224 g/mol. The summed E-state index contributed by atoms with van der Waals surface area (Å²) in [5.74, 6) is -0.352. The van der Waals surface area contributed by atoms with E-state index in [1.807, 2.05) is 19.9 Å². The zero-order valence-electron chi connectivity index (χ0n) is 8.81. The van der Waals surface area contributed by atoms with E-state index in [-0.39, 0.29) is 11.8 Å². The van der Waals surface area contributed by atoms with Crippen LogP contribution in [0.25, 0.3) is 0 Å². The van der Waals surface area contributed by atoms with Crippen LogP contribution in [0.2, 0.25) is 0 Å². The highest BCUT2D eigenvalue weighted by molar-refractivity contribution is 7.09. The predicted octanol–water partition coefficient (Wildman–Crippen LogP) is 1.58. The monoisotopic (exact) mass is 224 g/mol. The number of nitriles is 1. The Kier molecular flexibility index (Phi) is 3.74. The molecule has 0 saturated heterocycles. The third kappa shape index (κ3) is 2.99. The van der Waals surface area contributed by atoms with Crippen LogP contribution in [-0.4, -0.2) is 15.3 Å². The van der Waals surface area contributed by atoms with Crippen LogP contribution in [0.5, 0.6) is 0 Å². The molecule has 0 aliphatic rings. The van der Waals surface area contributed by atoms with Crippen molar-refractivity contribution in [2.45, 2.75) is 20.8 Å². The first-order valence-corrected chi connectivity index (χ1v) is 5.32. The summed E-state index contributed by atoms with van der Waals surface area (Å²) in [6.07, 6.45) is 0. The number of carbonyl (C=O) groups is 1. The van der Waals surface area contributed by atoms with Gasteiger partial charge in [-0.2, -0.15) is 9.64 Å². The number of aryl methyl sites for hydroxylation is 1. The molecule has 1 unspecified atom stereocenters. The highest BCUT2D eigenvalue weighted by Gasteiger charge is 2.22. The molecule has 0 aliphatic heterocycles. The molecule has 0 fully saturated rings. The van der Waals surface area contributed by atoms with E-state index in [0.29, 0.717) is 11.0 Å². The minimum atomic E-state index is -0.644. The Labute approximate surface area is 92.3 Å². The van der Waals surface area contributed by atoms with Crippen molar-refractivity contribution in [3.63, 3.8) is 0 Å². The maximum absolute atomic E-state index is 11.6. The van der Waals surface area contributed by atoms with E-state index in [1.54, 1.807) is 6.92 Å². The van der Waals surface area contributed by atoms with Crippen molar-refractivity contribution in [3.8, 4) is 6.07 Å². The maximum Gasteiger partial charge on any atom is 0.243 e. The first-order valence-electron chi connectivity index (χ1n) is 4.55. The van der Waals surface area contributed by atoms with E-state index in [9.17, 15) is 4.79 Å². The SMILES string of the molecule is Cc1nsc(NC(=O)C(C#N)C(C)C)n1. The zero-order chi connectivity index (χ0) is 11.4. The summed E-state index contributed by atoms with van der Waals surface area (Å²) in [5, 5.41) is 11.8. The van der Waals surface area contributed by atoms with Crippen LogP contribution in [0.4, 0.5) is 5.13 Å². The van der Waals surface area contributed by atoms with Crippen molar-refractivity contribution >= 4 is 22.6 Å². The zero-order valence-corrected chi connectivity index (χ0v) is 9.63.